The Morgan fingerprint density at radius 1 is 1.19 bits per heavy atom. The Bertz CT molecular complexity index is 1190. The van der Waals surface area contributed by atoms with Gasteiger partial charge >= 0.3 is 5.97 Å². The van der Waals surface area contributed by atoms with Gasteiger partial charge in [0.2, 0.25) is 0 Å². The van der Waals surface area contributed by atoms with E-state index in [4.69, 9.17) is 13.9 Å². The minimum Gasteiger partial charge on any atom is -0.493 e. The highest BCUT2D eigenvalue weighted by molar-refractivity contribution is 5.92. The highest BCUT2D eigenvalue weighted by Gasteiger charge is 2.45. The van der Waals surface area contributed by atoms with Crippen molar-refractivity contribution in [3.05, 3.63) is 69.1 Å². The lowest BCUT2D eigenvalue weighted by atomic mass is 10.00. The smallest absolute Gasteiger partial charge is 0.335 e. The first kappa shape index (κ1) is 21.0. The molecule has 2 unspecified atom stereocenters. The van der Waals surface area contributed by atoms with Crippen LogP contribution in [0, 0.1) is 0 Å². The van der Waals surface area contributed by atoms with Crippen molar-refractivity contribution in [2.24, 2.45) is 0 Å². The van der Waals surface area contributed by atoms with Crippen LogP contribution in [0.15, 0.2) is 45.6 Å². The maximum Gasteiger partial charge on any atom is 0.335 e. The lowest BCUT2D eigenvalue weighted by Gasteiger charge is -2.14. The third-order valence-electron chi connectivity index (χ3n) is 5.80. The van der Waals surface area contributed by atoms with Gasteiger partial charge in [-0.3, -0.25) is 4.79 Å². The number of carbonyl (C=O) groups is 1. The Hall–Kier alpha value is -3.28. The zero-order valence-corrected chi connectivity index (χ0v) is 17.9. The number of rotatable bonds is 8. The van der Waals surface area contributed by atoms with Crippen molar-refractivity contribution in [1.82, 2.24) is 0 Å². The zero-order valence-electron chi connectivity index (χ0n) is 17.9. The molecular formula is C25H26O6. The standard InChI is InChI=1S/C25H26O6/c1-4-7-16-22(26)19-12-14(25(27)28)10-11-20(19)31-23(16)18-13-17(18)15-8-6-9-21(30-5-2)24(15)29-3/h6,8-12,17-18H,4-5,7,13H2,1-3H3,(H,27,28). The molecule has 162 valence electrons. The number of hydrogen-bond donors (Lipinski definition) is 1. The molecule has 1 aliphatic carbocycles. The molecule has 2 aromatic carbocycles. The lowest BCUT2D eigenvalue weighted by Crippen LogP contribution is -2.13. The van der Waals surface area contributed by atoms with E-state index in [0.29, 0.717) is 41.1 Å². The third-order valence-corrected chi connectivity index (χ3v) is 5.80. The molecule has 0 saturated heterocycles. The lowest BCUT2D eigenvalue weighted by molar-refractivity contribution is 0.0697. The molecule has 1 saturated carbocycles. The van der Waals surface area contributed by atoms with Crippen LogP contribution in [-0.4, -0.2) is 24.8 Å². The Morgan fingerprint density at radius 2 is 2.00 bits per heavy atom. The zero-order chi connectivity index (χ0) is 22.1. The van der Waals surface area contributed by atoms with Crippen LogP contribution in [0.25, 0.3) is 11.0 Å². The van der Waals surface area contributed by atoms with Crippen LogP contribution < -0.4 is 14.9 Å². The fourth-order valence-electron chi connectivity index (χ4n) is 4.31. The normalized spacial score (nSPS) is 17.5. The molecule has 0 bridgehead atoms. The summed E-state index contributed by atoms with van der Waals surface area (Å²) in [7, 11) is 1.64. The van der Waals surface area contributed by atoms with E-state index in [1.807, 2.05) is 32.0 Å². The molecule has 6 heteroatoms. The second-order valence-corrected chi connectivity index (χ2v) is 7.80. The van der Waals surface area contributed by atoms with Crippen LogP contribution in [0.5, 0.6) is 11.5 Å². The van der Waals surface area contributed by atoms with Gasteiger partial charge in [-0.1, -0.05) is 25.5 Å². The van der Waals surface area contributed by atoms with Gasteiger partial charge in [-0.2, -0.15) is 0 Å². The van der Waals surface area contributed by atoms with Crippen molar-refractivity contribution in [3.8, 4) is 11.5 Å². The van der Waals surface area contributed by atoms with Gasteiger partial charge in [0.25, 0.3) is 0 Å². The fourth-order valence-corrected chi connectivity index (χ4v) is 4.31. The molecule has 2 atom stereocenters. The molecule has 1 aromatic heterocycles. The first-order chi connectivity index (χ1) is 15.0. The molecule has 1 fully saturated rings. The van der Waals surface area contributed by atoms with Gasteiger partial charge in [-0.15, -0.1) is 0 Å². The van der Waals surface area contributed by atoms with E-state index in [9.17, 15) is 14.7 Å². The number of para-hydroxylation sites is 1. The molecule has 0 radical (unpaired) electrons. The van der Waals surface area contributed by atoms with Crippen LogP contribution in [0.3, 0.4) is 0 Å². The van der Waals surface area contributed by atoms with Crippen LogP contribution in [0.4, 0.5) is 0 Å². The Labute approximate surface area is 180 Å². The first-order valence-electron chi connectivity index (χ1n) is 10.6. The van der Waals surface area contributed by atoms with Crippen molar-refractivity contribution in [1.29, 1.82) is 0 Å². The number of aromatic carboxylic acids is 1. The highest BCUT2D eigenvalue weighted by Crippen LogP contribution is 2.58. The van der Waals surface area contributed by atoms with Crippen molar-refractivity contribution < 1.29 is 23.8 Å². The van der Waals surface area contributed by atoms with Gasteiger partial charge in [0.05, 0.1) is 24.7 Å². The molecule has 1 heterocycles. The van der Waals surface area contributed by atoms with E-state index < -0.39 is 5.97 Å². The van der Waals surface area contributed by atoms with E-state index in [1.165, 1.54) is 12.1 Å². The van der Waals surface area contributed by atoms with Crippen molar-refractivity contribution in [2.75, 3.05) is 13.7 Å². The number of hydrogen-bond acceptors (Lipinski definition) is 5. The summed E-state index contributed by atoms with van der Waals surface area (Å²) in [5, 5.41) is 9.60. The number of ether oxygens (including phenoxy) is 2. The van der Waals surface area contributed by atoms with Crippen LogP contribution >= 0.6 is 0 Å². The second-order valence-electron chi connectivity index (χ2n) is 7.80. The molecule has 3 aromatic rings. The highest BCUT2D eigenvalue weighted by atomic mass is 16.5. The SMILES string of the molecule is CCCc1c(C2CC2c2cccc(OCC)c2OC)oc2ccc(C(=O)O)cc2c1=O. The molecule has 0 aliphatic heterocycles. The summed E-state index contributed by atoms with van der Waals surface area (Å²) < 4.78 is 17.6. The number of methoxy groups -OCH3 is 1. The van der Waals surface area contributed by atoms with Crippen molar-refractivity contribution in [2.45, 2.75) is 44.9 Å². The van der Waals surface area contributed by atoms with E-state index in [2.05, 4.69) is 0 Å². The Morgan fingerprint density at radius 3 is 2.68 bits per heavy atom. The van der Waals surface area contributed by atoms with Crippen LogP contribution in [-0.2, 0) is 6.42 Å². The van der Waals surface area contributed by atoms with Gasteiger partial charge in [0, 0.05) is 17.0 Å². The molecule has 1 aliphatic rings. The topological polar surface area (TPSA) is 86.0 Å². The number of benzene rings is 2. The number of fused-ring (bicyclic) bond motifs is 1. The summed E-state index contributed by atoms with van der Waals surface area (Å²) in [6, 6.07) is 10.3. The van der Waals surface area contributed by atoms with Gasteiger partial charge in [-0.25, -0.2) is 4.79 Å². The minimum absolute atomic E-state index is 0.0728. The fraction of sp³-hybridized carbons (Fsp3) is 0.360. The predicted octanol–water partition coefficient (Wildman–Crippen LogP) is 5.12. The van der Waals surface area contributed by atoms with E-state index in [1.54, 1.807) is 13.2 Å². The second kappa shape index (κ2) is 8.46. The molecule has 6 nitrogen and oxygen atoms in total. The van der Waals surface area contributed by atoms with Gasteiger partial charge in [0.15, 0.2) is 16.9 Å². The van der Waals surface area contributed by atoms with E-state index in [-0.39, 0.29) is 22.8 Å². The monoisotopic (exact) mass is 422 g/mol. The number of carboxylic acid groups (broad SMARTS) is 1. The summed E-state index contributed by atoms with van der Waals surface area (Å²) in [5.74, 6) is 1.32. The predicted molar refractivity (Wildman–Crippen MR) is 118 cm³/mol. The molecular weight excluding hydrogens is 396 g/mol. The molecule has 1 N–H and O–H groups in total. The van der Waals surface area contributed by atoms with Crippen molar-refractivity contribution >= 4 is 16.9 Å². The summed E-state index contributed by atoms with van der Waals surface area (Å²) >= 11 is 0. The van der Waals surface area contributed by atoms with E-state index in [0.717, 1.165) is 24.2 Å². The van der Waals surface area contributed by atoms with Gasteiger partial charge in [0.1, 0.15) is 11.3 Å². The average Bonchev–Trinajstić information content (AvgIpc) is 3.56. The Balaban J connectivity index is 1.78. The van der Waals surface area contributed by atoms with Gasteiger partial charge in [-0.05, 0) is 49.9 Å². The first-order valence-corrected chi connectivity index (χ1v) is 10.6. The quantitative estimate of drug-likeness (QED) is 0.542. The summed E-state index contributed by atoms with van der Waals surface area (Å²) in [6.45, 7) is 4.50. The number of carboxylic acids is 1. The van der Waals surface area contributed by atoms with E-state index >= 15 is 0 Å². The molecule has 4 rings (SSSR count). The largest absolute Gasteiger partial charge is 0.493 e. The third kappa shape index (κ3) is 3.78. The summed E-state index contributed by atoms with van der Waals surface area (Å²) in [6.07, 6.45) is 2.23. The Kier molecular flexibility index (Phi) is 5.72. The molecule has 0 amide bonds. The molecule has 31 heavy (non-hydrogen) atoms. The van der Waals surface area contributed by atoms with Crippen molar-refractivity contribution in [3.63, 3.8) is 0 Å². The maximum absolute atomic E-state index is 13.3. The minimum atomic E-state index is -1.06. The summed E-state index contributed by atoms with van der Waals surface area (Å²) in [5.41, 5.74) is 2.05. The molecule has 0 spiro atoms. The average molecular weight is 422 g/mol. The van der Waals surface area contributed by atoms with Gasteiger partial charge < -0.3 is 19.0 Å². The van der Waals surface area contributed by atoms with Crippen LogP contribution in [0.2, 0.25) is 0 Å². The maximum atomic E-state index is 13.3. The summed E-state index contributed by atoms with van der Waals surface area (Å²) in [4.78, 5) is 24.6. The van der Waals surface area contributed by atoms with Crippen LogP contribution in [0.1, 0.15) is 65.8 Å².